The predicted octanol–water partition coefficient (Wildman–Crippen LogP) is 2.54. The Labute approximate surface area is 199 Å². The van der Waals surface area contributed by atoms with Gasteiger partial charge in [0, 0.05) is 22.8 Å². The molecule has 0 saturated carbocycles. The van der Waals surface area contributed by atoms with Crippen LogP contribution in [0.5, 0.6) is 0 Å². The Balaban J connectivity index is 1.60. The number of aromatic nitrogens is 3. The fraction of sp³-hybridized carbons (Fsp3) is 0.227. The van der Waals surface area contributed by atoms with E-state index in [1.54, 1.807) is 31.2 Å². The van der Waals surface area contributed by atoms with E-state index in [1.807, 2.05) is 11.5 Å². The van der Waals surface area contributed by atoms with Gasteiger partial charge in [-0.3, -0.25) is 9.59 Å². The number of amides is 2. The highest BCUT2D eigenvalue weighted by Crippen LogP contribution is 2.21. The Morgan fingerprint density at radius 3 is 2.30 bits per heavy atom. The number of thioether (sulfide) groups is 1. The van der Waals surface area contributed by atoms with Gasteiger partial charge in [-0.1, -0.05) is 35.5 Å². The third-order valence-corrected chi connectivity index (χ3v) is 5.86. The standard InChI is InChI=1S/C22H22ClN5O4S/c1-3-28-19(13(2)24-20(30)14-4-8-16(23)9-5-14)26-27-22(28)33-12-18(29)25-17-10-6-15(7-11-17)21(31)32/h4-11,13H,3,12H2,1-2H3,(H,24,30)(H,25,29)(H,31,32)/p-1/t13-/m1/s1. The van der Waals surface area contributed by atoms with Crippen molar-refractivity contribution in [1.29, 1.82) is 0 Å². The molecule has 2 amide bonds. The Morgan fingerprint density at radius 1 is 1.06 bits per heavy atom. The number of carboxylic acid groups (broad SMARTS) is 1. The molecule has 1 aromatic heterocycles. The smallest absolute Gasteiger partial charge is 0.251 e. The van der Waals surface area contributed by atoms with Crippen molar-refractivity contribution in [2.75, 3.05) is 11.1 Å². The molecule has 0 saturated heterocycles. The minimum atomic E-state index is -1.28. The van der Waals surface area contributed by atoms with Crippen molar-refractivity contribution in [3.05, 3.63) is 70.5 Å². The zero-order valence-corrected chi connectivity index (χ0v) is 19.4. The van der Waals surface area contributed by atoms with Crippen molar-refractivity contribution in [3.8, 4) is 0 Å². The molecule has 3 rings (SSSR count). The van der Waals surface area contributed by atoms with Gasteiger partial charge < -0.3 is 25.1 Å². The normalized spacial score (nSPS) is 11.6. The van der Waals surface area contributed by atoms with Crippen molar-refractivity contribution in [1.82, 2.24) is 20.1 Å². The second-order valence-electron chi connectivity index (χ2n) is 6.99. The zero-order valence-electron chi connectivity index (χ0n) is 17.9. The summed E-state index contributed by atoms with van der Waals surface area (Å²) < 4.78 is 1.83. The molecular weight excluding hydrogens is 466 g/mol. The van der Waals surface area contributed by atoms with E-state index in [9.17, 15) is 19.5 Å². The molecule has 2 aromatic carbocycles. The predicted molar refractivity (Wildman–Crippen MR) is 123 cm³/mol. The van der Waals surface area contributed by atoms with Crippen molar-refractivity contribution >= 4 is 46.8 Å². The molecule has 2 N–H and O–H groups in total. The lowest BCUT2D eigenvalue weighted by molar-refractivity contribution is -0.255. The molecule has 0 bridgehead atoms. The van der Waals surface area contributed by atoms with Crippen molar-refractivity contribution in [2.24, 2.45) is 0 Å². The van der Waals surface area contributed by atoms with Gasteiger partial charge >= 0.3 is 0 Å². The number of aromatic carboxylic acids is 1. The van der Waals surface area contributed by atoms with E-state index < -0.39 is 12.0 Å². The second-order valence-corrected chi connectivity index (χ2v) is 8.37. The molecule has 1 heterocycles. The van der Waals surface area contributed by atoms with Crippen LogP contribution >= 0.6 is 23.4 Å². The summed E-state index contributed by atoms with van der Waals surface area (Å²) in [5.41, 5.74) is 0.984. The highest BCUT2D eigenvalue weighted by atomic mass is 35.5. The summed E-state index contributed by atoms with van der Waals surface area (Å²) in [5, 5.41) is 25.8. The molecule has 0 aliphatic carbocycles. The van der Waals surface area contributed by atoms with Gasteiger partial charge in [-0.2, -0.15) is 0 Å². The maximum Gasteiger partial charge on any atom is 0.251 e. The van der Waals surface area contributed by atoms with E-state index in [1.165, 1.54) is 36.0 Å². The van der Waals surface area contributed by atoms with Gasteiger partial charge in [0.2, 0.25) is 5.91 Å². The van der Waals surface area contributed by atoms with Gasteiger partial charge in [0.1, 0.15) is 0 Å². The molecular formula is C22H21ClN5O4S-. The van der Waals surface area contributed by atoms with Gasteiger partial charge in [0.05, 0.1) is 17.8 Å². The molecule has 0 aliphatic heterocycles. The first-order valence-electron chi connectivity index (χ1n) is 10.0. The van der Waals surface area contributed by atoms with Crippen LogP contribution in [0, 0.1) is 0 Å². The van der Waals surface area contributed by atoms with Gasteiger partial charge in [0.25, 0.3) is 5.91 Å². The number of carboxylic acids is 1. The van der Waals surface area contributed by atoms with E-state index in [0.29, 0.717) is 33.8 Å². The fourth-order valence-electron chi connectivity index (χ4n) is 2.99. The third kappa shape index (κ3) is 6.33. The second kappa shape index (κ2) is 11.0. The summed E-state index contributed by atoms with van der Waals surface area (Å²) in [6.07, 6.45) is 0. The summed E-state index contributed by atoms with van der Waals surface area (Å²) >= 11 is 7.08. The number of nitrogens with one attached hydrogen (secondary N) is 2. The zero-order chi connectivity index (χ0) is 24.0. The number of benzene rings is 2. The highest BCUT2D eigenvalue weighted by molar-refractivity contribution is 7.99. The lowest BCUT2D eigenvalue weighted by atomic mass is 10.2. The number of rotatable bonds is 9. The number of anilines is 1. The maximum absolute atomic E-state index is 12.5. The lowest BCUT2D eigenvalue weighted by Crippen LogP contribution is -2.28. The minimum Gasteiger partial charge on any atom is -0.545 e. The molecule has 33 heavy (non-hydrogen) atoms. The maximum atomic E-state index is 12.5. The Bertz CT molecular complexity index is 1150. The van der Waals surface area contributed by atoms with Crippen molar-refractivity contribution in [3.63, 3.8) is 0 Å². The monoisotopic (exact) mass is 486 g/mol. The highest BCUT2D eigenvalue weighted by Gasteiger charge is 2.20. The molecule has 3 aromatic rings. The number of halogens is 1. The summed E-state index contributed by atoms with van der Waals surface area (Å²) in [4.78, 5) is 35.6. The van der Waals surface area contributed by atoms with Crippen LogP contribution < -0.4 is 15.7 Å². The van der Waals surface area contributed by atoms with Gasteiger partial charge in [0.15, 0.2) is 11.0 Å². The van der Waals surface area contributed by atoms with Crippen LogP contribution in [0.25, 0.3) is 0 Å². The summed E-state index contributed by atoms with van der Waals surface area (Å²) in [6, 6.07) is 11.9. The van der Waals surface area contributed by atoms with E-state index >= 15 is 0 Å². The summed E-state index contributed by atoms with van der Waals surface area (Å²) in [6.45, 7) is 4.28. The average molecular weight is 487 g/mol. The van der Waals surface area contributed by atoms with Gasteiger partial charge in [-0.05, 0) is 55.8 Å². The fourth-order valence-corrected chi connectivity index (χ4v) is 3.92. The first-order valence-corrected chi connectivity index (χ1v) is 11.4. The quantitative estimate of drug-likeness (QED) is 0.444. The van der Waals surface area contributed by atoms with E-state index in [2.05, 4.69) is 20.8 Å². The average Bonchev–Trinajstić information content (AvgIpc) is 3.21. The van der Waals surface area contributed by atoms with E-state index in [4.69, 9.17) is 11.6 Å². The molecule has 0 fully saturated rings. The van der Waals surface area contributed by atoms with E-state index in [0.717, 1.165) is 0 Å². The first kappa shape index (κ1) is 24.3. The Hall–Kier alpha value is -3.37. The van der Waals surface area contributed by atoms with Crippen LogP contribution in [0.4, 0.5) is 5.69 Å². The molecule has 0 spiro atoms. The molecule has 9 nitrogen and oxygen atoms in total. The van der Waals surface area contributed by atoms with Crippen LogP contribution in [-0.2, 0) is 11.3 Å². The number of nitrogens with zero attached hydrogens (tertiary/aromatic N) is 3. The SMILES string of the molecule is CCn1c(SCC(=O)Nc2ccc(C(=O)[O-])cc2)nnc1[C@@H](C)NC(=O)c1ccc(Cl)cc1. The largest absolute Gasteiger partial charge is 0.545 e. The van der Waals surface area contributed by atoms with Crippen molar-refractivity contribution < 1.29 is 19.5 Å². The lowest BCUT2D eigenvalue weighted by Gasteiger charge is -2.15. The molecule has 0 radical (unpaired) electrons. The van der Waals surface area contributed by atoms with Crippen LogP contribution in [0.1, 0.15) is 46.4 Å². The molecule has 172 valence electrons. The molecule has 0 aliphatic rings. The number of hydrogen-bond donors (Lipinski definition) is 2. The number of carbonyl (C=O) groups is 3. The molecule has 0 unspecified atom stereocenters. The number of carbonyl (C=O) groups excluding carboxylic acids is 3. The molecule has 1 atom stereocenters. The van der Waals surface area contributed by atoms with Crippen LogP contribution in [-0.4, -0.2) is 38.3 Å². The van der Waals surface area contributed by atoms with Crippen LogP contribution in [0.3, 0.4) is 0 Å². The van der Waals surface area contributed by atoms with Crippen LogP contribution in [0.2, 0.25) is 5.02 Å². The first-order chi connectivity index (χ1) is 15.8. The number of hydrogen-bond acceptors (Lipinski definition) is 7. The van der Waals surface area contributed by atoms with E-state index in [-0.39, 0.29) is 23.1 Å². The Kier molecular flexibility index (Phi) is 8.07. The summed E-state index contributed by atoms with van der Waals surface area (Å²) in [7, 11) is 0. The topological polar surface area (TPSA) is 129 Å². The minimum absolute atomic E-state index is 0.0308. The summed E-state index contributed by atoms with van der Waals surface area (Å²) in [5.74, 6) is -1.18. The Morgan fingerprint density at radius 2 is 1.70 bits per heavy atom. The molecule has 11 heteroatoms. The van der Waals surface area contributed by atoms with Crippen molar-refractivity contribution in [2.45, 2.75) is 31.6 Å². The van der Waals surface area contributed by atoms with Gasteiger partial charge in [-0.15, -0.1) is 10.2 Å². The third-order valence-electron chi connectivity index (χ3n) is 4.64. The van der Waals surface area contributed by atoms with Gasteiger partial charge in [-0.25, -0.2) is 0 Å². The van der Waals surface area contributed by atoms with Crippen LogP contribution in [0.15, 0.2) is 53.7 Å².